The first-order chi connectivity index (χ1) is 3.85. The van der Waals surface area contributed by atoms with Gasteiger partial charge in [-0.25, -0.2) is 0 Å². The molecule has 0 fully saturated rings. The molecule has 3 heteroatoms. The average Bonchev–Trinajstić information content (AvgIpc) is 1.83. The Hall–Kier alpha value is -0.120. The van der Waals surface area contributed by atoms with Gasteiger partial charge in [0.25, 0.3) is 0 Å². The van der Waals surface area contributed by atoms with Gasteiger partial charge in [-0.2, -0.15) is 0 Å². The van der Waals surface area contributed by atoms with Crippen LogP contribution in [0.15, 0.2) is 0 Å². The third kappa shape index (κ3) is 2.96. The fourth-order valence-electron chi connectivity index (χ4n) is 0.336. The van der Waals surface area contributed by atoms with Crippen LogP contribution < -0.4 is 0 Å². The molecule has 3 nitrogen and oxygen atoms in total. The van der Waals surface area contributed by atoms with E-state index in [1.165, 1.54) is 6.61 Å². The Morgan fingerprint density at radius 3 is 2.12 bits per heavy atom. The quantitative estimate of drug-likeness (QED) is 0.526. The van der Waals surface area contributed by atoms with Gasteiger partial charge in [0.15, 0.2) is 0 Å². The van der Waals surface area contributed by atoms with E-state index in [2.05, 4.69) is 0 Å². The van der Waals surface area contributed by atoms with Gasteiger partial charge >= 0.3 is 0 Å². The van der Waals surface area contributed by atoms with Crippen LogP contribution >= 0.6 is 0 Å². The molecule has 0 aliphatic rings. The van der Waals surface area contributed by atoms with Crippen molar-refractivity contribution in [1.82, 2.24) is 0 Å². The highest BCUT2D eigenvalue weighted by atomic mass is 16.5. The van der Waals surface area contributed by atoms with E-state index in [0.717, 1.165) is 0 Å². The van der Waals surface area contributed by atoms with Crippen LogP contribution in [0.1, 0.15) is 6.92 Å². The van der Waals surface area contributed by atoms with Crippen LogP contribution in [0.2, 0.25) is 0 Å². The lowest BCUT2D eigenvalue weighted by Crippen LogP contribution is -2.20. The summed E-state index contributed by atoms with van der Waals surface area (Å²) in [6.45, 7) is 2.86. The molecule has 0 unspecified atom stereocenters. The summed E-state index contributed by atoms with van der Waals surface area (Å²) in [6, 6.07) is 0. The maximum Gasteiger partial charge on any atom is 0.104 e. The highest BCUT2D eigenvalue weighted by Crippen LogP contribution is 1.89. The minimum atomic E-state index is -0.444. The molecule has 0 aromatic carbocycles. The summed E-state index contributed by atoms with van der Waals surface area (Å²) < 4.78 is 4.72. The van der Waals surface area contributed by atoms with Gasteiger partial charge in [0.1, 0.15) is 6.10 Å². The van der Waals surface area contributed by atoms with E-state index >= 15 is 0 Å². The highest BCUT2D eigenvalue weighted by molar-refractivity contribution is 4.53. The maximum absolute atomic E-state index is 8.35. The van der Waals surface area contributed by atoms with Gasteiger partial charge < -0.3 is 14.9 Å². The number of ether oxygens (including phenoxy) is 1. The third-order valence-electron chi connectivity index (χ3n) is 0.736. The average molecular weight is 119 g/mol. The molecular formula is C5H11O3. The molecule has 0 aromatic rings. The van der Waals surface area contributed by atoms with Crippen LogP contribution in [0.5, 0.6) is 0 Å². The molecule has 49 valence electrons. The van der Waals surface area contributed by atoms with Crippen molar-refractivity contribution in [3.8, 4) is 0 Å². The number of aliphatic hydroxyl groups is 2. The summed E-state index contributed by atoms with van der Waals surface area (Å²) >= 11 is 0. The largest absolute Gasteiger partial charge is 0.394 e. The minimum absolute atomic E-state index is 0.138. The van der Waals surface area contributed by atoms with Gasteiger partial charge in [-0.15, -0.1) is 0 Å². The zero-order valence-electron chi connectivity index (χ0n) is 4.87. The summed E-state index contributed by atoms with van der Waals surface area (Å²) in [7, 11) is 0. The molecule has 0 saturated heterocycles. The molecule has 0 saturated carbocycles. The Bertz CT molecular complexity index is 42.9. The summed E-state index contributed by atoms with van der Waals surface area (Å²) in [6.07, 6.45) is -0.444. The van der Waals surface area contributed by atoms with Crippen molar-refractivity contribution in [2.45, 2.75) is 13.0 Å². The van der Waals surface area contributed by atoms with Gasteiger partial charge in [0, 0.05) is 0 Å². The molecule has 8 heavy (non-hydrogen) atoms. The molecule has 0 heterocycles. The summed E-state index contributed by atoms with van der Waals surface area (Å²) in [5.74, 6) is 0. The Kier molecular flexibility index (Phi) is 4.95. The van der Waals surface area contributed by atoms with E-state index in [0.29, 0.717) is 0 Å². The van der Waals surface area contributed by atoms with Crippen LogP contribution in [0.25, 0.3) is 0 Å². The van der Waals surface area contributed by atoms with E-state index in [9.17, 15) is 0 Å². The van der Waals surface area contributed by atoms with Crippen LogP contribution in [-0.4, -0.2) is 29.5 Å². The standard InChI is InChI=1S/C5H11O3/c1-2-8-5(3-6)4-7/h2,5-7H,3-4H2,1H3. The molecule has 2 N–H and O–H groups in total. The van der Waals surface area contributed by atoms with E-state index in [1.807, 2.05) is 0 Å². The van der Waals surface area contributed by atoms with E-state index in [-0.39, 0.29) is 13.2 Å². The van der Waals surface area contributed by atoms with Gasteiger partial charge in [-0.3, -0.25) is 0 Å². The van der Waals surface area contributed by atoms with E-state index < -0.39 is 6.10 Å². The van der Waals surface area contributed by atoms with Crippen molar-refractivity contribution in [2.75, 3.05) is 13.2 Å². The summed E-state index contributed by atoms with van der Waals surface area (Å²) in [4.78, 5) is 0. The fourth-order valence-corrected chi connectivity index (χ4v) is 0.336. The number of rotatable bonds is 4. The van der Waals surface area contributed by atoms with Crippen LogP contribution in [0.3, 0.4) is 0 Å². The molecule has 0 atom stereocenters. The maximum atomic E-state index is 8.35. The van der Waals surface area contributed by atoms with Crippen molar-refractivity contribution in [3.05, 3.63) is 6.61 Å². The lowest BCUT2D eigenvalue weighted by atomic mass is 10.4. The smallest absolute Gasteiger partial charge is 0.104 e. The molecule has 0 aromatic heterocycles. The summed E-state index contributed by atoms with van der Waals surface area (Å²) in [5, 5.41) is 16.7. The van der Waals surface area contributed by atoms with Gasteiger partial charge in [-0.1, -0.05) is 0 Å². The molecule has 0 spiro atoms. The first kappa shape index (κ1) is 7.88. The summed E-state index contributed by atoms with van der Waals surface area (Å²) in [5.41, 5.74) is 0. The van der Waals surface area contributed by atoms with Crippen LogP contribution in [0.4, 0.5) is 0 Å². The second kappa shape index (κ2) is 5.03. The number of aliphatic hydroxyl groups excluding tert-OH is 2. The van der Waals surface area contributed by atoms with E-state index in [4.69, 9.17) is 14.9 Å². The molecule has 0 aliphatic carbocycles. The van der Waals surface area contributed by atoms with Gasteiger partial charge in [0.2, 0.25) is 0 Å². The topological polar surface area (TPSA) is 49.7 Å². The first-order valence-electron chi connectivity index (χ1n) is 2.50. The number of hydrogen-bond acceptors (Lipinski definition) is 3. The number of hydrogen-bond donors (Lipinski definition) is 2. The predicted molar refractivity (Wildman–Crippen MR) is 29.0 cm³/mol. The fraction of sp³-hybridized carbons (Fsp3) is 0.800. The molecular weight excluding hydrogens is 108 g/mol. The van der Waals surface area contributed by atoms with Crippen molar-refractivity contribution < 1.29 is 14.9 Å². The highest BCUT2D eigenvalue weighted by Gasteiger charge is 2.01. The normalized spacial score (nSPS) is 10.5. The minimum Gasteiger partial charge on any atom is -0.394 e. The molecule has 0 aliphatic heterocycles. The zero-order valence-corrected chi connectivity index (χ0v) is 4.87. The SMILES string of the molecule is C[CH]OC(CO)CO. The monoisotopic (exact) mass is 119 g/mol. The van der Waals surface area contributed by atoms with Crippen molar-refractivity contribution in [3.63, 3.8) is 0 Å². The van der Waals surface area contributed by atoms with Crippen molar-refractivity contribution >= 4 is 0 Å². The second-order valence-corrected chi connectivity index (χ2v) is 1.36. The molecule has 1 radical (unpaired) electrons. The second-order valence-electron chi connectivity index (χ2n) is 1.36. The van der Waals surface area contributed by atoms with Crippen molar-refractivity contribution in [1.29, 1.82) is 0 Å². The molecule has 0 amide bonds. The van der Waals surface area contributed by atoms with Gasteiger partial charge in [-0.05, 0) is 6.92 Å². The molecule has 0 bridgehead atoms. The molecule has 0 rings (SSSR count). The Balaban J connectivity index is 3.07. The third-order valence-corrected chi connectivity index (χ3v) is 0.736. The lowest BCUT2D eigenvalue weighted by molar-refractivity contribution is 0.0134. The van der Waals surface area contributed by atoms with Crippen LogP contribution in [0, 0.1) is 6.61 Å². The lowest BCUT2D eigenvalue weighted by Gasteiger charge is -2.08. The predicted octanol–water partition coefficient (Wildman–Crippen LogP) is -0.462. The first-order valence-corrected chi connectivity index (χ1v) is 2.50. The van der Waals surface area contributed by atoms with E-state index in [1.54, 1.807) is 6.92 Å². The van der Waals surface area contributed by atoms with Crippen molar-refractivity contribution in [2.24, 2.45) is 0 Å². The van der Waals surface area contributed by atoms with Crippen LogP contribution in [-0.2, 0) is 4.74 Å². The zero-order chi connectivity index (χ0) is 6.41. The Morgan fingerprint density at radius 2 is 2.00 bits per heavy atom. The Labute approximate surface area is 48.9 Å². The van der Waals surface area contributed by atoms with Gasteiger partial charge in [0.05, 0.1) is 19.8 Å². The Morgan fingerprint density at radius 1 is 1.50 bits per heavy atom.